The van der Waals surface area contributed by atoms with E-state index in [2.05, 4.69) is 0 Å². The molecule has 0 amide bonds. The fraction of sp³-hybridized carbons (Fsp3) is 0.364. The molecule has 0 aliphatic carbocycles. The molecule has 2 heteroatoms. The van der Waals surface area contributed by atoms with E-state index in [9.17, 15) is 4.79 Å². The minimum Gasteiger partial charge on any atom is -0.328 e. The second kappa shape index (κ2) is 6.38. The van der Waals surface area contributed by atoms with Gasteiger partial charge in [-0.2, -0.15) is 0 Å². The van der Waals surface area contributed by atoms with Gasteiger partial charge in [0.15, 0.2) is 5.78 Å². The highest BCUT2D eigenvalue weighted by atomic mass is 16.1. The van der Waals surface area contributed by atoms with Crippen molar-refractivity contribution in [2.45, 2.75) is 26.8 Å². The number of carbonyl (C=O) groups is 1. The second-order valence-electron chi connectivity index (χ2n) is 3.17. The largest absolute Gasteiger partial charge is 0.328 e. The Bertz CT molecular complexity index is 239. The van der Waals surface area contributed by atoms with Crippen LogP contribution in [0.3, 0.4) is 0 Å². The van der Waals surface area contributed by atoms with Gasteiger partial charge in [-0.25, -0.2) is 0 Å². The number of hydrogen-bond acceptors (Lipinski definition) is 2. The van der Waals surface area contributed by atoms with Gasteiger partial charge in [0, 0.05) is 5.56 Å². The minimum atomic E-state index is 0.121. The molecule has 1 rings (SSSR count). The van der Waals surface area contributed by atoms with Crippen molar-refractivity contribution in [3.63, 3.8) is 0 Å². The lowest BCUT2D eigenvalue weighted by molar-refractivity contribution is 0.101. The number of hydrogen-bond donors (Lipinski definition) is 1. The van der Waals surface area contributed by atoms with E-state index in [1.807, 2.05) is 44.2 Å². The third-order valence-corrected chi connectivity index (χ3v) is 1.18. The van der Waals surface area contributed by atoms with Crippen molar-refractivity contribution in [1.82, 2.24) is 0 Å². The topological polar surface area (TPSA) is 43.1 Å². The smallest absolute Gasteiger partial charge is 0.159 e. The van der Waals surface area contributed by atoms with Gasteiger partial charge in [0.05, 0.1) is 0 Å². The zero-order chi connectivity index (χ0) is 10.3. The van der Waals surface area contributed by atoms with Crippen molar-refractivity contribution in [2.24, 2.45) is 5.73 Å². The van der Waals surface area contributed by atoms with Crippen molar-refractivity contribution in [1.29, 1.82) is 0 Å². The normalized spacial score (nSPS) is 9.00. The van der Waals surface area contributed by atoms with Crippen molar-refractivity contribution in [2.75, 3.05) is 0 Å². The summed E-state index contributed by atoms with van der Waals surface area (Å²) in [6, 6.07) is 9.56. The van der Waals surface area contributed by atoms with Gasteiger partial charge in [-0.15, -0.1) is 0 Å². The maximum atomic E-state index is 10.6. The Hall–Kier alpha value is -1.15. The molecule has 1 aromatic carbocycles. The van der Waals surface area contributed by atoms with Crippen molar-refractivity contribution in [3.8, 4) is 0 Å². The van der Waals surface area contributed by atoms with E-state index in [4.69, 9.17) is 5.73 Å². The molecular weight excluding hydrogens is 162 g/mol. The van der Waals surface area contributed by atoms with Crippen LogP contribution < -0.4 is 5.73 Å². The molecule has 0 saturated carbocycles. The summed E-state index contributed by atoms with van der Waals surface area (Å²) in [5, 5.41) is 0. The molecule has 72 valence electrons. The molecule has 2 nitrogen and oxygen atoms in total. The van der Waals surface area contributed by atoms with Crippen molar-refractivity contribution in [3.05, 3.63) is 35.9 Å². The fourth-order valence-corrected chi connectivity index (χ4v) is 0.673. The molecule has 0 spiro atoms. The molecule has 0 aliphatic rings. The first-order valence-electron chi connectivity index (χ1n) is 4.35. The van der Waals surface area contributed by atoms with Crippen LogP contribution in [0.25, 0.3) is 0 Å². The first kappa shape index (κ1) is 11.8. The van der Waals surface area contributed by atoms with Crippen LogP contribution in [0.5, 0.6) is 0 Å². The summed E-state index contributed by atoms with van der Waals surface area (Å²) in [4.78, 5) is 10.6. The molecule has 2 N–H and O–H groups in total. The van der Waals surface area contributed by atoms with Crippen LogP contribution in [-0.2, 0) is 0 Å². The standard InChI is InChI=1S/C8H8O.C3H9N/c1-7(9)8-5-3-2-4-6-8;1-3(2)4/h2-6H,1H3;3H,4H2,1-2H3. The summed E-state index contributed by atoms with van der Waals surface area (Å²) in [6.07, 6.45) is 0. The molecule has 0 aromatic heterocycles. The second-order valence-corrected chi connectivity index (χ2v) is 3.17. The highest BCUT2D eigenvalue weighted by molar-refractivity contribution is 5.93. The SMILES string of the molecule is CC(=O)c1ccccc1.CC(C)N. The number of nitrogens with two attached hydrogens (primary N) is 1. The predicted octanol–water partition coefficient (Wildman–Crippen LogP) is 2.24. The first-order valence-corrected chi connectivity index (χ1v) is 4.35. The van der Waals surface area contributed by atoms with Gasteiger partial charge in [0.1, 0.15) is 0 Å². The number of benzene rings is 1. The lowest BCUT2D eigenvalue weighted by atomic mass is 10.2. The molecule has 0 heterocycles. The Labute approximate surface area is 79.8 Å². The third-order valence-electron chi connectivity index (χ3n) is 1.18. The van der Waals surface area contributed by atoms with E-state index in [1.54, 1.807) is 6.92 Å². The molecule has 0 fully saturated rings. The van der Waals surface area contributed by atoms with Crippen LogP contribution in [0.1, 0.15) is 31.1 Å². The van der Waals surface area contributed by atoms with Gasteiger partial charge >= 0.3 is 0 Å². The van der Waals surface area contributed by atoms with Crippen molar-refractivity contribution >= 4 is 5.78 Å². The highest BCUT2D eigenvalue weighted by Crippen LogP contribution is 1.97. The summed E-state index contributed by atoms with van der Waals surface area (Å²) in [5.41, 5.74) is 5.89. The molecule has 13 heavy (non-hydrogen) atoms. The number of rotatable bonds is 1. The number of ketones is 1. The molecule has 0 atom stereocenters. The van der Waals surface area contributed by atoms with Crippen LogP contribution >= 0.6 is 0 Å². The maximum Gasteiger partial charge on any atom is 0.159 e. The summed E-state index contributed by atoms with van der Waals surface area (Å²) in [5.74, 6) is 0.121. The molecule has 0 aliphatic heterocycles. The highest BCUT2D eigenvalue weighted by Gasteiger charge is 1.92. The Morgan fingerprint density at radius 1 is 1.23 bits per heavy atom. The summed E-state index contributed by atoms with van der Waals surface area (Å²) in [6.45, 7) is 5.45. The molecule has 1 aromatic rings. The molecule has 0 unspecified atom stereocenters. The average molecular weight is 179 g/mol. The van der Waals surface area contributed by atoms with Gasteiger partial charge < -0.3 is 5.73 Å². The first-order chi connectivity index (χ1) is 6.04. The van der Waals surface area contributed by atoms with E-state index >= 15 is 0 Å². The summed E-state index contributed by atoms with van der Waals surface area (Å²) < 4.78 is 0. The lowest BCUT2D eigenvalue weighted by Crippen LogP contribution is -2.06. The summed E-state index contributed by atoms with van der Waals surface area (Å²) in [7, 11) is 0. The van der Waals surface area contributed by atoms with Gasteiger partial charge in [-0.05, 0) is 13.0 Å². The zero-order valence-electron chi connectivity index (χ0n) is 8.45. The van der Waals surface area contributed by atoms with Crippen LogP contribution in [0.4, 0.5) is 0 Å². The van der Waals surface area contributed by atoms with Crippen LogP contribution in [0.2, 0.25) is 0 Å². The predicted molar refractivity (Wildman–Crippen MR) is 55.8 cm³/mol. The monoisotopic (exact) mass is 179 g/mol. The third kappa shape index (κ3) is 7.22. The van der Waals surface area contributed by atoms with Gasteiger partial charge in [0.2, 0.25) is 0 Å². The fourth-order valence-electron chi connectivity index (χ4n) is 0.673. The maximum absolute atomic E-state index is 10.6. The Morgan fingerprint density at radius 3 is 1.85 bits per heavy atom. The van der Waals surface area contributed by atoms with Gasteiger partial charge in [0.25, 0.3) is 0 Å². The molecular formula is C11H17NO. The summed E-state index contributed by atoms with van der Waals surface area (Å²) >= 11 is 0. The van der Waals surface area contributed by atoms with E-state index in [0.29, 0.717) is 6.04 Å². The van der Waals surface area contributed by atoms with Crippen LogP contribution in [0, 0.1) is 0 Å². The minimum absolute atomic E-state index is 0.121. The van der Waals surface area contributed by atoms with Crippen LogP contribution in [-0.4, -0.2) is 11.8 Å². The van der Waals surface area contributed by atoms with Gasteiger partial charge in [-0.3, -0.25) is 4.79 Å². The van der Waals surface area contributed by atoms with E-state index < -0.39 is 0 Å². The molecule has 0 bridgehead atoms. The quantitative estimate of drug-likeness (QED) is 0.672. The van der Waals surface area contributed by atoms with E-state index in [-0.39, 0.29) is 5.78 Å². The number of carbonyl (C=O) groups excluding carboxylic acids is 1. The van der Waals surface area contributed by atoms with Crippen molar-refractivity contribution < 1.29 is 4.79 Å². The molecule has 0 saturated heterocycles. The van der Waals surface area contributed by atoms with Crippen LogP contribution in [0.15, 0.2) is 30.3 Å². The Balaban J connectivity index is 0.000000310. The number of Topliss-reactive ketones (excluding diaryl/α,β-unsaturated/α-hetero) is 1. The lowest BCUT2D eigenvalue weighted by Gasteiger charge is -1.89. The Kier molecular flexibility index (Phi) is 5.81. The van der Waals surface area contributed by atoms with Gasteiger partial charge in [-0.1, -0.05) is 44.2 Å². The van der Waals surface area contributed by atoms with E-state index in [0.717, 1.165) is 5.56 Å². The van der Waals surface area contributed by atoms with E-state index in [1.165, 1.54) is 0 Å². The average Bonchev–Trinajstić information content (AvgIpc) is 2.05. The zero-order valence-corrected chi connectivity index (χ0v) is 8.45. The molecule has 0 radical (unpaired) electrons. The Morgan fingerprint density at radius 2 is 1.62 bits per heavy atom.